The minimum Gasteiger partial charge on any atom is -0.351 e. The van der Waals surface area contributed by atoms with Gasteiger partial charge in [-0.05, 0) is 45.1 Å². The van der Waals surface area contributed by atoms with Gasteiger partial charge in [-0.3, -0.25) is 9.59 Å². The Balaban J connectivity index is 1.59. The van der Waals surface area contributed by atoms with Gasteiger partial charge >= 0.3 is 0 Å². The zero-order chi connectivity index (χ0) is 20.3. The Bertz CT molecular complexity index is 875. The minimum atomic E-state index is -0.147. The third-order valence-electron chi connectivity index (χ3n) is 5.25. The normalized spacial score (nSPS) is 16.9. The van der Waals surface area contributed by atoms with Gasteiger partial charge in [0.2, 0.25) is 5.91 Å². The van der Waals surface area contributed by atoms with Gasteiger partial charge in [-0.25, -0.2) is 4.98 Å². The summed E-state index contributed by atoms with van der Waals surface area (Å²) in [5, 5.41) is 3.75. The third kappa shape index (κ3) is 4.79. The average molecular weight is 400 g/mol. The molecule has 0 bridgehead atoms. The highest BCUT2D eigenvalue weighted by molar-refractivity contribution is 7.17. The zero-order valence-electron chi connectivity index (χ0n) is 17.2. The van der Waals surface area contributed by atoms with E-state index in [9.17, 15) is 9.59 Å². The fraction of sp³-hybridized carbons (Fsp3) is 0.500. The van der Waals surface area contributed by atoms with E-state index in [0.29, 0.717) is 23.8 Å². The number of aromatic nitrogens is 1. The van der Waals surface area contributed by atoms with Crippen molar-refractivity contribution in [3.8, 4) is 10.6 Å². The fourth-order valence-corrected chi connectivity index (χ4v) is 4.79. The van der Waals surface area contributed by atoms with E-state index in [4.69, 9.17) is 0 Å². The molecule has 1 aromatic carbocycles. The van der Waals surface area contributed by atoms with Gasteiger partial charge in [0, 0.05) is 31.6 Å². The number of piperidine rings is 1. The molecule has 1 aliphatic heterocycles. The first-order valence-corrected chi connectivity index (χ1v) is 10.8. The number of carbonyl (C=O) groups excluding carboxylic acids is 2. The number of likely N-dealkylation sites (tertiary alicyclic amines) is 1. The molecule has 0 spiro atoms. The largest absolute Gasteiger partial charge is 0.351 e. The lowest BCUT2D eigenvalue weighted by atomic mass is 10.00. The molecule has 1 atom stereocenters. The highest BCUT2D eigenvalue weighted by Crippen LogP contribution is 2.30. The zero-order valence-corrected chi connectivity index (χ0v) is 18.0. The van der Waals surface area contributed by atoms with E-state index in [0.717, 1.165) is 41.3 Å². The molecule has 2 heterocycles. The second-order valence-electron chi connectivity index (χ2n) is 7.84. The number of rotatable bonds is 5. The molecule has 3 rings (SSSR count). The van der Waals surface area contributed by atoms with Gasteiger partial charge in [-0.2, -0.15) is 0 Å². The van der Waals surface area contributed by atoms with E-state index >= 15 is 0 Å². The van der Waals surface area contributed by atoms with E-state index in [2.05, 4.69) is 49.3 Å². The number of thiazole rings is 1. The number of hydrogen-bond acceptors (Lipinski definition) is 4. The van der Waals surface area contributed by atoms with E-state index in [1.807, 2.05) is 11.8 Å². The monoisotopic (exact) mass is 399 g/mol. The SMILES string of the molecule is Cc1ccc(-c2nc(C)c(C(=O)NCCC(=O)N3CCCC(C)C3)s2)c(C)c1. The topological polar surface area (TPSA) is 62.3 Å². The van der Waals surface area contributed by atoms with Crippen LogP contribution in [0.5, 0.6) is 0 Å². The first-order chi connectivity index (χ1) is 13.3. The summed E-state index contributed by atoms with van der Waals surface area (Å²) in [5.74, 6) is 0.547. The van der Waals surface area contributed by atoms with Crippen molar-refractivity contribution in [3.05, 3.63) is 39.9 Å². The first-order valence-electron chi connectivity index (χ1n) is 9.96. The van der Waals surface area contributed by atoms with E-state index in [1.165, 1.54) is 23.3 Å². The Hall–Kier alpha value is -2.21. The number of amides is 2. The quantitative estimate of drug-likeness (QED) is 0.823. The number of aryl methyl sites for hydroxylation is 3. The van der Waals surface area contributed by atoms with Crippen LogP contribution in [0.4, 0.5) is 0 Å². The maximum Gasteiger partial charge on any atom is 0.263 e. The van der Waals surface area contributed by atoms with Crippen molar-refractivity contribution >= 4 is 23.2 Å². The second kappa shape index (κ2) is 8.86. The molecule has 150 valence electrons. The Morgan fingerprint density at radius 2 is 2.07 bits per heavy atom. The van der Waals surface area contributed by atoms with E-state index in [1.54, 1.807) is 0 Å². The molecule has 1 unspecified atom stereocenters. The lowest BCUT2D eigenvalue weighted by Gasteiger charge is -2.31. The van der Waals surface area contributed by atoms with Crippen LogP contribution >= 0.6 is 11.3 Å². The molecule has 0 saturated carbocycles. The van der Waals surface area contributed by atoms with Crippen LogP contribution in [0.1, 0.15) is 52.7 Å². The second-order valence-corrected chi connectivity index (χ2v) is 8.84. The first kappa shape index (κ1) is 20.5. The van der Waals surface area contributed by atoms with Gasteiger partial charge in [-0.15, -0.1) is 11.3 Å². The van der Waals surface area contributed by atoms with Gasteiger partial charge in [-0.1, -0.05) is 30.7 Å². The van der Waals surface area contributed by atoms with Gasteiger partial charge in [0.15, 0.2) is 0 Å². The van der Waals surface area contributed by atoms with Crippen LogP contribution in [0.15, 0.2) is 18.2 Å². The van der Waals surface area contributed by atoms with Gasteiger partial charge in [0.05, 0.1) is 5.69 Å². The molecular formula is C22H29N3O2S. The number of hydrogen-bond donors (Lipinski definition) is 1. The Morgan fingerprint density at radius 1 is 1.29 bits per heavy atom. The van der Waals surface area contributed by atoms with Crippen molar-refractivity contribution in [2.45, 2.75) is 47.0 Å². The van der Waals surface area contributed by atoms with Crippen molar-refractivity contribution < 1.29 is 9.59 Å². The molecule has 1 saturated heterocycles. The maximum atomic E-state index is 12.6. The Labute approximate surface area is 171 Å². The molecule has 2 aromatic rings. The molecule has 0 aliphatic carbocycles. The summed E-state index contributed by atoms with van der Waals surface area (Å²) in [6.45, 7) is 10.2. The summed E-state index contributed by atoms with van der Waals surface area (Å²) in [4.78, 5) is 32.1. The van der Waals surface area contributed by atoms with Crippen molar-refractivity contribution in [2.75, 3.05) is 19.6 Å². The summed E-state index contributed by atoms with van der Waals surface area (Å²) < 4.78 is 0. The Morgan fingerprint density at radius 3 is 2.79 bits per heavy atom. The van der Waals surface area contributed by atoms with Crippen LogP contribution in [0.25, 0.3) is 10.6 Å². The molecule has 6 heteroatoms. The lowest BCUT2D eigenvalue weighted by molar-refractivity contribution is -0.132. The van der Waals surface area contributed by atoms with Gasteiger partial charge in [0.1, 0.15) is 9.88 Å². The molecule has 1 N–H and O–H groups in total. The van der Waals surface area contributed by atoms with Crippen LogP contribution in [-0.4, -0.2) is 41.3 Å². The van der Waals surface area contributed by atoms with Crippen molar-refractivity contribution in [1.29, 1.82) is 0 Å². The number of nitrogens with one attached hydrogen (secondary N) is 1. The summed E-state index contributed by atoms with van der Waals surface area (Å²) in [6.07, 6.45) is 2.61. The lowest BCUT2D eigenvalue weighted by Crippen LogP contribution is -2.40. The third-order valence-corrected chi connectivity index (χ3v) is 6.44. The van der Waals surface area contributed by atoms with Crippen LogP contribution < -0.4 is 5.32 Å². The molecule has 1 fully saturated rings. The number of carbonyl (C=O) groups is 2. The molecule has 5 nitrogen and oxygen atoms in total. The Kier molecular flexibility index (Phi) is 6.50. The molecule has 1 aromatic heterocycles. The van der Waals surface area contributed by atoms with Crippen molar-refractivity contribution in [3.63, 3.8) is 0 Å². The van der Waals surface area contributed by atoms with Crippen molar-refractivity contribution in [2.24, 2.45) is 5.92 Å². The van der Waals surface area contributed by atoms with Crippen LogP contribution in [-0.2, 0) is 4.79 Å². The molecule has 2 amide bonds. The van der Waals surface area contributed by atoms with Gasteiger partial charge < -0.3 is 10.2 Å². The molecule has 0 radical (unpaired) electrons. The summed E-state index contributed by atoms with van der Waals surface area (Å²) >= 11 is 1.41. The predicted octanol–water partition coefficient (Wildman–Crippen LogP) is 4.11. The van der Waals surface area contributed by atoms with Crippen LogP contribution in [0, 0.1) is 26.7 Å². The smallest absolute Gasteiger partial charge is 0.263 e. The summed E-state index contributed by atoms with van der Waals surface area (Å²) in [5.41, 5.74) is 4.16. The average Bonchev–Trinajstić information content (AvgIpc) is 3.03. The minimum absolute atomic E-state index is 0.129. The van der Waals surface area contributed by atoms with E-state index in [-0.39, 0.29) is 11.8 Å². The summed E-state index contributed by atoms with van der Waals surface area (Å²) in [7, 11) is 0. The van der Waals surface area contributed by atoms with Crippen molar-refractivity contribution in [1.82, 2.24) is 15.2 Å². The standard InChI is InChI=1S/C22H29N3O2S/c1-14-7-8-18(16(3)12-14)22-24-17(4)20(28-22)21(27)23-10-9-19(26)25-11-5-6-15(2)13-25/h7-8,12,15H,5-6,9-11,13H2,1-4H3,(H,23,27). The summed E-state index contributed by atoms with van der Waals surface area (Å²) in [6, 6.07) is 6.24. The van der Waals surface area contributed by atoms with Crippen LogP contribution in [0.3, 0.4) is 0 Å². The van der Waals surface area contributed by atoms with Gasteiger partial charge in [0.25, 0.3) is 5.91 Å². The van der Waals surface area contributed by atoms with Crippen LogP contribution in [0.2, 0.25) is 0 Å². The van der Waals surface area contributed by atoms with E-state index < -0.39 is 0 Å². The molecular weight excluding hydrogens is 370 g/mol. The highest BCUT2D eigenvalue weighted by Gasteiger charge is 2.21. The maximum absolute atomic E-state index is 12.6. The molecule has 1 aliphatic rings. The molecule has 28 heavy (non-hydrogen) atoms. The number of benzene rings is 1. The number of nitrogens with zero attached hydrogens (tertiary/aromatic N) is 2. The highest BCUT2D eigenvalue weighted by atomic mass is 32.1. The fourth-order valence-electron chi connectivity index (χ4n) is 3.71. The predicted molar refractivity (Wildman–Crippen MR) is 114 cm³/mol.